The first-order chi connectivity index (χ1) is 16.6. The topological polar surface area (TPSA) is 55.7 Å². The average Bonchev–Trinajstić information content (AvgIpc) is 3.70. The number of pyridine rings is 1. The third-order valence-corrected chi connectivity index (χ3v) is 7.11. The Morgan fingerprint density at radius 1 is 1.00 bits per heavy atom. The molecule has 176 valence electrons. The Kier molecular flexibility index (Phi) is 6.53. The normalized spacial score (nSPS) is 21.2. The third kappa shape index (κ3) is 4.53. The second-order valence-electron chi connectivity index (χ2n) is 9.88. The molecule has 2 atom stereocenters. The third-order valence-electron chi connectivity index (χ3n) is 7.11. The highest BCUT2D eigenvalue weighted by Crippen LogP contribution is 2.46. The first-order valence-electron chi connectivity index (χ1n) is 12.7. The molecular weight excluding hydrogens is 425 g/mol. The lowest BCUT2D eigenvalue weighted by atomic mass is 9.69. The molecular formula is C29H32FN3O. The van der Waals surface area contributed by atoms with Crippen LogP contribution in [0.4, 0.5) is 4.39 Å². The minimum Gasteiger partial charge on any atom is -0.300 e. The number of benzene rings is 1. The number of hydrogen-bond acceptors (Lipinski definition) is 4. The molecule has 0 N–H and O–H groups in total. The second kappa shape index (κ2) is 9.73. The Morgan fingerprint density at radius 3 is 2.56 bits per heavy atom. The minimum absolute atomic E-state index is 0.249. The molecule has 6 rings (SSSR count). The van der Waals surface area contributed by atoms with Crippen LogP contribution in [-0.4, -0.2) is 20.7 Å². The SMILES string of the molecule is CCC.O=C1CCC2c3nc(-c4ccnc(C5CC5)c4)nc(-c4ccccc4F)c3CCC2C1. The van der Waals surface area contributed by atoms with Gasteiger partial charge in [0.05, 0.1) is 11.4 Å². The molecule has 2 heterocycles. The molecule has 3 aliphatic carbocycles. The maximum atomic E-state index is 14.8. The van der Waals surface area contributed by atoms with E-state index in [0.29, 0.717) is 47.5 Å². The summed E-state index contributed by atoms with van der Waals surface area (Å²) in [6.07, 6.45) is 9.24. The lowest BCUT2D eigenvalue weighted by Crippen LogP contribution is -2.29. The molecule has 0 amide bonds. The smallest absolute Gasteiger partial charge is 0.160 e. The Morgan fingerprint density at radius 2 is 1.79 bits per heavy atom. The molecule has 5 heteroatoms. The number of Topliss-reactive ketones (excluding diaryl/α,β-unsaturated/α-hetero) is 1. The molecule has 2 aromatic heterocycles. The molecule has 0 radical (unpaired) electrons. The molecule has 3 aliphatic rings. The summed E-state index contributed by atoms with van der Waals surface area (Å²) >= 11 is 0. The summed E-state index contributed by atoms with van der Waals surface area (Å²) in [7, 11) is 0. The maximum Gasteiger partial charge on any atom is 0.160 e. The fraction of sp³-hybridized carbons (Fsp3) is 0.448. The van der Waals surface area contributed by atoms with E-state index in [9.17, 15) is 9.18 Å². The summed E-state index contributed by atoms with van der Waals surface area (Å²) in [6, 6.07) is 10.9. The van der Waals surface area contributed by atoms with Gasteiger partial charge in [-0.2, -0.15) is 0 Å². The van der Waals surface area contributed by atoms with Crippen LogP contribution in [-0.2, 0) is 11.2 Å². The molecule has 0 saturated heterocycles. The van der Waals surface area contributed by atoms with Crippen LogP contribution in [0.2, 0.25) is 0 Å². The van der Waals surface area contributed by atoms with Gasteiger partial charge in [0, 0.05) is 53.3 Å². The van der Waals surface area contributed by atoms with Crippen molar-refractivity contribution >= 4 is 5.78 Å². The lowest BCUT2D eigenvalue weighted by Gasteiger charge is -2.36. The number of carbonyl (C=O) groups excluding carboxylic acids is 1. The number of ketones is 1. The fourth-order valence-electron chi connectivity index (χ4n) is 5.33. The summed E-state index contributed by atoms with van der Waals surface area (Å²) in [4.78, 5) is 26.6. The van der Waals surface area contributed by atoms with Crippen LogP contribution in [0.3, 0.4) is 0 Å². The number of nitrogens with zero attached hydrogens (tertiary/aromatic N) is 3. The van der Waals surface area contributed by atoms with Crippen molar-refractivity contribution in [3.63, 3.8) is 0 Å². The van der Waals surface area contributed by atoms with E-state index in [1.165, 1.54) is 25.3 Å². The van der Waals surface area contributed by atoms with Crippen LogP contribution >= 0.6 is 0 Å². The van der Waals surface area contributed by atoms with Crippen LogP contribution < -0.4 is 0 Å². The van der Waals surface area contributed by atoms with Gasteiger partial charge in [0.2, 0.25) is 0 Å². The first-order valence-corrected chi connectivity index (χ1v) is 12.7. The van der Waals surface area contributed by atoms with Crippen molar-refractivity contribution in [1.82, 2.24) is 15.0 Å². The van der Waals surface area contributed by atoms with Gasteiger partial charge in [-0.3, -0.25) is 9.78 Å². The number of rotatable bonds is 3. The fourth-order valence-corrected chi connectivity index (χ4v) is 5.33. The van der Waals surface area contributed by atoms with E-state index in [0.717, 1.165) is 41.8 Å². The van der Waals surface area contributed by atoms with E-state index in [4.69, 9.17) is 9.97 Å². The van der Waals surface area contributed by atoms with E-state index in [1.807, 2.05) is 18.3 Å². The van der Waals surface area contributed by atoms with E-state index < -0.39 is 0 Å². The van der Waals surface area contributed by atoms with Crippen LogP contribution in [0.1, 0.15) is 87.6 Å². The molecule has 3 aromatic rings. The van der Waals surface area contributed by atoms with E-state index in [-0.39, 0.29) is 11.7 Å². The summed E-state index contributed by atoms with van der Waals surface area (Å²) in [5.41, 5.74) is 5.35. The highest BCUT2D eigenvalue weighted by atomic mass is 19.1. The van der Waals surface area contributed by atoms with Crippen LogP contribution in [0.5, 0.6) is 0 Å². The molecule has 2 saturated carbocycles. The standard InChI is InChI=1S/C26H24FN3O.C3H8/c27-22-4-2-1-3-20(22)25-21-9-7-16-13-18(31)8-10-19(16)24(21)29-26(30-25)17-11-12-28-23(14-17)15-5-6-15;1-3-2/h1-4,11-12,14-16,19H,5-10,13H2;3H2,1-2H3. The largest absolute Gasteiger partial charge is 0.300 e. The molecule has 1 aromatic carbocycles. The Labute approximate surface area is 201 Å². The molecule has 34 heavy (non-hydrogen) atoms. The number of halogens is 1. The number of hydrogen-bond donors (Lipinski definition) is 0. The molecule has 4 nitrogen and oxygen atoms in total. The zero-order valence-corrected chi connectivity index (χ0v) is 20.1. The summed E-state index contributed by atoms with van der Waals surface area (Å²) in [5.74, 6) is 1.86. The summed E-state index contributed by atoms with van der Waals surface area (Å²) < 4.78 is 14.8. The maximum absolute atomic E-state index is 14.8. The monoisotopic (exact) mass is 457 g/mol. The quantitative estimate of drug-likeness (QED) is 0.423. The number of fused-ring (bicyclic) bond motifs is 3. The molecule has 2 fully saturated rings. The highest BCUT2D eigenvalue weighted by molar-refractivity contribution is 5.80. The van der Waals surface area contributed by atoms with Crippen molar-refractivity contribution in [2.75, 3.05) is 0 Å². The first kappa shape index (κ1) is 22.8. The van der Waals surface area contributed by atoms with Gasteiger partial charge in [-0.1, -0.05) is 32.4 Å². The predicted octanol–water partition coefficient (Wildman–Crippen LogP) is 7.04. The lowest BCUT2D eigenvalue weighted by molar-refractivity contribution is -0.122. The number of aromatic nitrogens is 3. The van der Waals surface area contributed by atoms with Crippen molar-refractivity contribution in [3.8, 4) is 22.6 Å². The van der Waals surface area contributed by atoms with E-state index in [2.05, 4.69) is 24.9 Å². The van der Waals surface area contributed by atoms with Gasteiger partial charge >= 0.3 is 0 Å². The molecule has 2 unspecified atom stereocenters. The van der Waals surface area contributed by atoms with Crippen LogP contribution in [0, 0.1) is 11.7 Å². The van der Waals surface area contributed by atoms with Gasteiger partial charge in [-0.05, 0) is 62.3 Å². The van der Waals surface area contributed by atoms with Crippen LogP contribution in [0.15, 0.2) is 42.6 Å². The van der Waals surface area contributed by atoms with Crippen molar-refractivity contribution in [3.05, 3.63) is 65.4 Å². The van der Waals surface area contributed by atoms with Gasteiger partial charge in [0.15, 0.2) is 5.82 Å². The van der Waals surface area contributed by atoms with Crippen molar-refractivity contribution in [2.45, 2.75) is 77.0 Å². The van der Waals surface area contributed by atoms with Gasteiger partial charge < -0.3 is 0 Å². The second-order valence-corrected chi connectivity index (χ2v) is 9.88. The number of carbonyl (C=O) groups is 1. The summed E-state index contributed by atoms with van der Waals surface area (Å²) in [6.45, 7) is 4.25. The zero-order valence-electron chi connectivity index (χ0n) is 20.1. The Hall–Kier alpha value is -2.95. The Balaban J connectivity index is 0.000000764. The van der Waals surface area contributed by atoms with E-state index >= 15 is 0 Å². The van der Waals surface area contributed by atoms with E-state index in [1.54, 1.807) is 12.1 Å². The zero-order chi connectivity index (χ0) is 23.7. The molecule has 0 spiro atoms. The minimum atomic E-state index is -0.260. The van der Waals surface area contributed by atoms with Gasteiger partial charge in [-0.15, -0.1) is 0 Å². The molecule has 0 bridgehead atoms. The highest BCUT2D eigenvalue weighted by Gasteiger charge is 2.37. The van der Waals surface area contributed by atoms with Crippen molar-refractivity contribution < 1.29 is 9.18 Å². The van der Waals surface area contributed by atoms with Gasteiger partial charge in [-0.25, -0.2) is 14.4 Å². The van der Waals surface area contributed by atoms with Crippen molar-refractivity contribution in [1.29, 1.82) is 0 Å². The predicted molar refractivity (Wildman–Crippen MR) is 132 cm³/mol. The van der Waals surface area contributed by atoms with Gasteiger partial charge in [0.25, 0.3) is 0 Å². The van der Waals surface area contributed by atoms with Crippen molar-refractivity contribution in [2.24, 2.45) is 5.92 Å². The summed E-state index contributed by atoms with van der Waals surface area (Å²) in [5, 5.41) is 0. The van der Waals surface area contributed by atoms with Crippen LogP contribution in [0.25, 0.3) is 22.6 Å². The molecule has 0 aliphatic heterocycles. The van der Waals surface area contributed by atoms with Gasteiger partial charge in [0.1, 0.15) is 11.6 Å². The average molecular weight is 458 g/mol. The Bertz CT molecular complexity index is 1200.